The van der Waals surface area contributed by atoms with Crippen molar-refractivity contribution in [3.05, 3.63) is 35.4 Å². The van der Waals surface area contributed by atoms with E-state index in [1.54, 1.807) is 0 Å². The van der Waals surface area contributed by atoms with Gasteiger partial charge in [-0.2, -0.15) is 0 Å². The van der Waals surface area contributed by atoms with Crippen LogP contribution in [0.15, 0.2) is 24.3 Å². The number of carbonyl (C=O) groups is 1. The molecule has 1 rings (SSSR count). The van der Waals surface area contributed by atoms with Gasteiger partial charge < -0.3 is 9.64 Å². The number of ether oxygens (including phenoxy) is 1. The summed E-state index contributed by atoms with van der Waals surface area (Å²) in [7, 11) is 3.39. The van der Waals surface area contributed by atoms with Crippen LogP contribution in [0.1, 0.15) is 11.1 Å². The first kappa shape index (κ1) is 14.2. The molecule has 0 aromatic heterocycles. The molecular weight excluding hydrogens is 282 g/mol. The minimum Gasteiger partial charge on any atom is -0.468 e. The molecule has 0 heterocycles. The van der Waals surface area contributed by atoms with Gasteiger partial charge in [-0.3, -0.25) is 4.79 Å². The predicted molar refractivity (Wildman–Crippen MR) is 72.2 cm³/mol. The first-order chi connectivity index (χ1) is 8.02. The topological polar surface area (TPSA) is 29.5 Å². The molecule has 0 aliphatic heterocycles. The molecule has 0 aliphatic rings. The fourth-order valence-electron chi connectivity index (χ4n) is 1.66. The van der Waals surface area contributed by atoms with Crippen molar-refractivity contribution in [2.45, 2.75) is 18.3 Å². The van der Waals surface area contributed by atoms with Gasteiger partial charge in [0.2, 0.25) is 0 Å². The van der Waals surface area contributed by atoms with E-state index < -0.39 is 0 Å². The van der Waals surface area contributed by atoms with Crippen molar-refractivity contribution >= 4 is 21.9 Å². The number of nitrogens with zero attached hydrogens (tertiary/aromatic N) is 1. The Bertz CT molecular complexity index is 381. The zero-order valence-electron chi connectivity index (χ0n) is 10.4. The molecule has 0 radical (unpaired) electrons. The van der Waals surface area contributed by atoms with Gasteiger partial charge >= 0.3 is 5.97 Å². The number of aryl methyl sites for hydroxylation is 1. The van der Waals surface area contributed by atoms with Crippen LogP contribution < -0.4 is 0 Å². The Morgan fingerprint density at radius 1 is 1.53 bits per heavy atom. The van der Waals surface area contributed by atoms with Crippen LogP contribution in [-0.4, -0.2) is 36.4 Å². The first-order valence-electron chi connectivity index (χ1n) is 5.49. The van der Waals surface area contributed by atoms with Crippen LogP contribution in [0.4, 0.5) is 0 Å². The van der Waals surface area contributed by atoms with E-state index in [1.807, 2.05) is 13.1 Å². The number of rotatable bonds is 5. The lowest BCUT2D eigenvalue weighted by Gasteiger charge is -2.19. The molecular formula is C13H18BrNO2. The van der Waals surface area contributed by atoms with E-state index in [9.17, 15) is 4.79 Å². The fraction of sp³-hybridized carbons (Fsp3) is 0.462. The fourth-order valence-corrected chi connectivity index (χ4v) is 2.34. The Morgan fingerprint density at radius 2 is 2.24 bits per heavy atom. The summed E-state index contributed by atoms with van der Waals surface area (Å²) in [5.41, 5.74) is 2.50. The molecule has 1 unspecified atom stereocenters. The maximum Gasteiger partial charge on any atom is 0.320 e. The maximum atomic E-state index is 11.3. The molecule has 0 aliphatic carbocycles. The summed E-state index contributed by atoms with van der Waals surface area (Å²) in [6.45, 7) is 3.52. The van der Waals surface area contributed by atoms with Crippen molar-refractivity contribution in [2.24, 2.45) is 0 Å². The standard InChI is InChI=1S/C13H18BrNO2/c1-10-5-4-6-11(7-10)8-15(2)9-12(14)13(16)17-3/h4-7,12H,8-9H2,1-3H3. The second-order valence-electron chi connectivity index (χ2n) is 4.18. The maximum absolute atomic E-state index is 11.3. The minimum absolute atomic E-state index is 0.235. The zero-order valence-corrected chi connectivity index (χ0v) is 12.0. The van der Waals surface area contributed by atoms with E-state index >= 15 is 0 Å². The SMILES string of the molecule is COC(=O)C(Br)CN(C)Cc1cccc(C)c1. The summed E-state index contributed by atoms with van der Waals surface area (Å²) in [5, 5.41) is 0. The summed E-state index contributed by atoms with van der Waals surface area (Å²) >= 11 is 3.32. The van der Waals surface area contributed by atoms with Crippen LogP contribution in [0.2, 0.25) is 0 Å². The van der Waals surface area contributed by atoms with Crippen molar-refractivity contribution in [3.8, 4) is 0 Å². The van der Waals surface area contributed by atoms with Gasteiger partial charge in [0, 0.05) is 13.1 Å². The molecule has 0 saturated heterocycles. The van der Waals surface area contributed by atoms with E-state index in [0.29, 0.717) is 6.54 Å². The second-order valence-corrected chi connectivity index (χ2v) is 5.28. The molecule has 0 amide bonds. The highest BCUT2D eigenvalue weighted by atomic mass is 79.9. The highest BCUT2D eigenvalue weighted by Crippen LogP contribution is 2.09. The molecule has 3 nitrogen and oxygen atoms in total. The van der Waals surface area contributed by atoms with Crippen molar-refractivity contribution in [1.29, 1.82) is 0 Å². The summed E-state index contributed by atoms with van der Waals surface area (Å²) in [4.78, 5) is 13.1. The lowest BCUT2D eigenvalue weighted by molar-refractivity contribution is -0.140. The van der Waals surface area contributed by atoms with Gasteiger partial charge in [0.25, 0.3) is 0 Å². The predicted octanol–water partition coefficient (Wildman–Crippen LogP) is 2.36. The van der Waals surface area contributed by atoms with Crippen LogP contribution in [0.3, 0.4) is 0 Å². The summed E-state index contributed by atoms with van der Waals surface area (Å²) in [6.07, 6.45) is 0. The molecule has 17 heavy (non-hydrogen) atoms. The average Bonchev–Trinajstić information content (AvgIpc) is 2.27. The minimum atomic E-state index is -0.276. The summed E-state index contributed by atoms with van der Waals surface area (Å²) < 4.78 is 4.67. The summed E-state index contributed by atoms with van der Waals surface area (Å²) in [5.74, 6) is -0.235. The zero-order chi connectivity index (χ0) is 12.8. The number of hydrogen-bond acceptors (Lipinski definition) is 3. The largest absolute Gasteiger partial charge is 0.468 e. The molecule has 1 aromatic rings. The van der Waals surface area contributed by atoms with Gasteiger partial charge in [0.15, 0.2) is 0 Å². The molecule has 0 N–H and O–H groups in total. The molecule has 94 valence electrons. The molecule has 0 saturated carbocycles. The molecule has 0 bridgehead atoms. The van der Waals surface area contributed by atoms with Crippen molar-refractivity contribution in [1.82, 2.24) is 4.90 Å². The number of esters is 1. The van der Waals surface area contributed by atoms with E-state index in [1.165, 1.54) is 18.2 Å². The van der Waals surface area contributed by atoms with E-state index in [4.69, 9.17) is 0 Å². The Morgan fingerprint density at radius 3 is 2.82 bits per heavy atom. The second kappa shape index (κ2) is 6.77. The third-order valence-corrected chi connectivity index (χ3v) is 3.13. The van der Waals surface area contributed by atoms with Gasteiger partial charge in [-0.1, -0.05) is 45.8 Å². The molecule has 0 spiro atoms. The molecule has 1 atom stereocenters. The number of methoxy groups -OCH3 is 1. The highest BCUT2D eigenvalue weighted by Gasteiger charge is 2.17. The molecule has 1 aromatic carbocycles. The van der Waals surface area contributed by atoms with Gasteiger partial charge in [-0.05, 0) is 19.5 Å². The number of benzene rings is 1. The highest BCUT2D eigenvalue weighted by molar-refractivity contribution is 9.10. The van der Waals surface area contributed by atoms with Crippen LogP contribution in [0.5, 0.6) is 0 Å². The van der Waals surface area contributed by atoms with Gasteiger partial charge in [0.05, 0.1) is 7.11 Å². The normalized spacial score (nSPS) is 12.5. The number of carbonyl (C=O) groups excluding carboxylic acids is 1. The van der Waals surface area contributed by atoms with Gasteiger partial charge in [0.1, 0.15) is 4.83 Å². The average molecular weight is 300 g/mol. The lowest BCUT2D eigenvalue weighted by atomic mass is 10.1. The Balaban J connectivity index is 2.49. The first-order valence-corrected chi connectivity index (χ1v) is 6.40. The Kier molecular flexibility index (Phi) is 5.65. The van der Waals surface area contributed by atoms with Crippen LogP contribution >= 0.6 is 15.9 Å². The lowest BCUT2D eigenvalue weighted by Crippen LogP contribution is -2.31. The van der Waals surface area contributed by atoms with E-state index in [-0.39, 0.29) is 10.8 Å². The Labute approximate surface area is 111 Å². The van der Waals surface area contributed by atoms with E-state index in [2.05, 4.69) is 50.7 Å². The van der Waals surface area contributed by atoms with E-state index in [0.717, 1.165) is 6.54 Å². The van der Waals surface area contributed by atoms with Crippen LogP contribution in [-0.2, 0) is 16.1 Å². The number of alkyl halides is 1. The summed E-state index contributed by atoms with van der Waals surface area (Å²) in [6, 6.07) is 8.36. The third-order valence-electron chi connectivity index (χ3n) is 2.46. The van der Waals surface area contributed by atoms with Crippen molar-refractivity contribution in [2.75, 3.05) is 20.7 Å². The quantitative estimate of drug-likeness (QED) is 0.617. The van der Waals surface area contributed by atoms with Crippen LogP contribution in [0.25, 0.3) is 0 Å². The van der Waals surface area contributed by atoms with Gasteiger partial charge in [-0.25, -0.2) is 0 Å². The third kappa shape index (κ3) is 4.88. The smallest absolute Gasteiger partial charge is 0.320 e. The van der Waals surface area contributed by atoms with Crippen molar-refractivity contribution in [3.63, 3.8) is 0 Å². The number of halogens is 1. The number of hydrogen-bond donors (Lipinski definition) is 0. The molecule has 0 fully saturated rings. The molecule has 4 heteroatoms. The monoisotopic (exact) mass is 299 g/mol. The van der Waals surface area contributed by atoms with Crippen molar-refractivity contribution < 1.29 is 9.53 Å². The van der Waals surface area contributed by atoms with Crippen LogP contribution in [0, 0.1) is 6.92 Å². The Hall–Kier alpha value is -0.870. The van der Waals surface area contributed by atoms with Gasteiger partial charge in [-0.15, -0.1) is 0 Å².